The Labute approximate surface area is 232 Å². The van der Waals surface area contributed by atoms with Crippen LogP contribution in [0.25, 0.3) is 12.2 Å². The predicted molar refractivity (Wildman–Crippen MR) is 171 cm³/mol. The fourth-order valence-electron chi connectivity index (χ4n) is 4.15. The van der Waals surface area contributed by atoms with Crippen molar-refractivity contribution >= 4 is 17.9 Å². The Hall–Kier alpha value is -2.15. The fourth-order valence-corrected chi connectivity index (χ4v) is 4.15. The average molecular weight is 509 g/mol. The summed E-state index contributed by atoms with van der Waals surface area (Å²) in [7, 11) is 0. The third-order valence-electron chi connectivity index (χ3n) is 7.83. The van der Waals surface area contributed by atoms with Gasteiger partial charge in [0.15, 0.2) is 5.78 Å². The first-order chi connectivity index (χ1) is 16.2. The molecule has 0 spiro atoms. The van der Waals surface area contributed by atoms with Crippen molar-refractivity contribution in [3.8, 4) is 0 Å². The van der Waals surface area contributed by atoms with Crippen molar-refractivity contribution in [3.63, 3.8) is 0 Å². The Morgan fingerprint density at radius 1 is 1.11 bits per heavy atom. The molecule has 1 unspecified atom stereocenters. The van der Waals surface area contributed by atoms with Gasteiger partial charge in [-0.1, -0.05) is 91.8 Å². The van der Waals surface area contributed by atoms with Gasteiger partial charge in [0.25, 0.3) is 0 Å². The molecular formula is C36H60O. The summed E-state index contributed by atoms with van der Waals surface area (Å²) in [6.07, 6.45) is 12.7. The molecule has 1 saturated carbocycles. The van der Waals surface area contributed by atoms with E-state index >= 15 is 0 Å². The van der Waals surface area contributed by atoms with Crippen molar-refractivity contribution < 1.29 is 4.79 Å². The number of allylic oxidation sites excluding steroid dienone is 3. The van der Waals surface area contributed by atoms with Crippen molar-refractivity contribution in [1.29, 1.82) is 0 Å². The lowest BCUT2D eigenvalue weighted by Crippen LogP contribution is -2.32. The van der Waals surface area contributed by atoms with Crippen LogP contribution in [0, 0.1) is 29.6 Å². The minimum absolute atomic E-state index is 0. The van der Waals surface area contributed by atoms with Gasteiger partial charge in [0.1, 0.15) is 0 Å². The molecule has 0 saturated heterocycles. The minimum Gasteiger partial charge on any atom is -0.294 e. The lowest BCUT2D eigenvalue weighted by molar-refractivity contribution is -0.122. The number of hydrogen-bond acceptors (Lipinski definition) is 1. The summed E-state index contributed by atoms with van der Waals surface area (Å²) in [6.45, 7) is 31.8. The number of carbonyl (C=O) groups excluding carboxylic acids is 1. The largest absolute Gasteiger partial charge is 0.294 e. The summed E-state index contributed by atoms with van der Waals surface area (Å²) < 4.78 is 0. The highest BCUT2D eigenvalue weighted by Crippen LogP contribution is 2.39. The summed E-state index contributed by atoms with van der Waals surface area (Å²) in [4.78, 5) is 10.7. The second-order valence-corrected chi connectivity index (χ2v) is 12.3. The van der Waals surface area contributed by atoms with Crippen LogP contribution in [0.5, 0.6) is 0 Å². The number of hydrogen-bond donors (Lipinski definition) is 0. The van der Waals surface area contributed by atoms with E-state index in [0.717, 1.165) is 11.8 Å². The van der Waals surface area contributed by atoms with E-state index in [-0.39, 0.29) is 26.1 Å². The smallest absolute Gasteiger partial charge is 0.165 e. The van der Waals surface area contributed by atoms with Crippen LogP contribution in [0.1, 0.15) is 124 Å². The summed E-state index contributed by atoms with van der Waals surface area (Å²) in [6, 6.07) is 2.38. The maximum absolute atomic E-state index is 10.7. The molecule has 1 aromatic carbocycles. The summed E-state index contributed by atoms with van der Waals surface area (Å²) in [5.41, 5.74) is 10.6. The van der Waals surface area contributed by atoms with Crippen LogP contribution in [0.3, 0.4) is 0 Å². The first-order valence-electron chi connectivity index (χ1n) is 13.4. The van der Waals surface area contributed by atoms with Crippen molar-refractivity contribution in [2.24, 2.45) is 22.7 Å². The molecule has 1 atom stereocenters. The molecule has 1 nitrogen and oxygen atoms in total. The van der Waals surface area contributed by atoms with Crippen molar-refractivity contribution in [1.82, 2.24) is 0 Å². The van der Waals surface area contributed by atoms with Gasteiger partial charge in [0.2, 0.25) is 0 Å². The highest BCUT2D eigenvalue weighted by atomic mass is 16.1. The maximum atomic E-state index is 10.7. The SMILES string of the molecule is C.C.C=C.C=Cc1cc2c(c(C)c1/C=C(\C)C1CC1)CC(C)C2.CC1=CC(=O)C1(C)C.CCC(C)(C)C. The van der Waals surface area contributed by atoms with Gasteiger partial charge in [-0.15, -0.1) is 13.2 Å². The van der Waals surface area contributed by atoms with E-state index in [1.54, 1.807) is 22.8 Å². The minimum atomic E-state index is -0.139. The zero-order valence-corrected chi connectivity index (χ0v) is 24.5. The van der Waals surface area contributed by atoms with E-state index < -0.39 is 0 Å². The molecule has 37 heavy (non-hydrogen) atoms. The number of carbonyl (C=O) groups is 1. The molecule has 0 radical (unpaired) electrons. The van der Waals surface area contributed by atoms with Gasteiger partial charge < -0.3 is 0 Å². The second-order valence-electron chi connectivity index (χ2n) is 12.3. The molecule has 4 rings (SSSR count). The van der Waals surface area contributed by atoms with Crippen molar-refractivity contribution in [2.45, 2.75) is 116 Å². The zero-order valence-electron chi connectivity index (χ0n) is 24.5. The van der Waals surface area contributed by atoms with Gasteiger partial charge in [-0.2, -0.15) is 0 Å². The van der Waals surface area contributed by atoms with Gasteiger partial charge >= 0.3 is 0 Å². The molecule has 0 amide bonds. The number of ketones is 1. The Kier molecular flexibility index (Phi) is 15.3. The summed E-state index contributed by atoms with van der Waals surface area (Å²) in [5, 5.41) is 0. The van der Waals surface area contributed by atoms with Gasteiger partial charge in [-0.25, -0.2) is 0 Å². The first kappa shape index (κ1) is 37.0. The Balaban J connectivity index is 0. The van der Waals surface area contributed by atoms with E-state index in [1.165, 1.54) is 54.4 Å². The molecule has 0 aliphatic heterocycles. The topological polar surface area (TPSA) is 17.1 Å². The highest BCUT2D eigenvalue weighted by molar-refractivity contribution is 6.04. The molecule has 0 bridgehead atoms. The Morgan fingerprint density at radius 2 is 1.62 bits per heavy atom. The third kappa shape index (κ3) is 10.3. The van der Waals surface area contributed by atoms with E-state index in [4.69, 9.17) is 0 Å². The van der Waals surface area contributed by atoms with Crippen molar-refractivity contribution in [2.75, 3.05) is 0 Å². The molecule has 210 valence electrons. The van der Waals surface area contributed by atoms with Crippen LogP contribution < -0.4 is 0 Å². The van der Waals surface area contributed by atoms with E-state index in [9.17, 15) is 4.79 Å². The van der Waals surface area contributed by atoms with E-state index in [1.807, 2.05) is 26.8 Å². The number of benzene rings is 1. The standard InChI is InChI=1S/C19H24.C7H10O.C6H14.C2H4.2CH4/c1-5-15-11-17-8-12(2)9-18(17)14(4)19(15)10-13(3)16-6-7-16;1-5-4-6(8)7(5,2)3;1-5-6(2,3)4;1-2;;/h5,10-12,16H,1,6-9H2,2-4H3;4H,1-3H3;5H2,1-4H3;1-2H2;2*1H4/b13-10+;;;;;. The molecule has 0 aromatic heterocycles. The van der Waals surface area contributed by atoms with Gasteiger partial charge in [-0.05, 0) is 111 Å². The third-order valence-corrected chi connectivity index (χ3v) is 7.83. The Morgan fingerprint density at radius 3 is 1.95 bits per heavy atom. The van der Waals surface area contributed by atoms with Gasteiger partial charge in [-0.3, -0.25) is 4.79 Å². The predicted octanol–water partition coefficient (Wildman–Crippen LogP) is 11.2. The van der Waals surface area contributed by atoms with Crippen molar-refractivity contribution in [3.05, 3.63) is 70.8 Å². The van der Waals surface area contributed by atoms with Crippen LogP contribution in [-0.4, -0.2) is 5.78 Å². The molecule has 1 fully saturated rings. The lowest BCUT2D eigenvalue weighted by atomic mass is 9.72. The van der Waals surface area contributed by atoms with Crippen LogP contribution >= 0.6 is 0 Å². The molecule has 0 N–H and O–H groups in total. The quantitative estimate of drug-likeness (QED) is 0.371. The van der Waals surface area contributed by atoms with Gasteiger partial charge in [0.05, 0.1) is 0 Å². The van der Waals surface area contributed by atoms with Gasteiger partial charge in [0, 0.05) is 5.41 Å². The molecule has 1 heteroatoms. The van der Waals surface area contributed by atoms with Crippen LogP contribution in [0.2, 0.25) is 0 Å². The number of fused-ring (bicyclic) bond motifs is 1. The van der Waals surface area contributed by atoms with E-state index in [2.05, 4.69) is 80.3 Å². The molecule has 3 aliphatic rings. The summed E-state index contributed by atoms with van der Waals surface area (Å²) in [5.74, 6) is 1.91. The average Bonchev–Trinajstić information content (AvgIpc) is 3.59. The first-order valence-corrected chi connectivity index (χ1v) is 13.4. The van der Waals surface area contributed by atoms with Crippen LogP contribution in [-0.2, 0) is 17.6 Å². The highest BCUT2D eigenvalue weighted by Gasteiger charge is 2.35. The normalized spacial score (nSPS) is 18.9. The Bertz CT molecular complexity index is 957. The van der Waals surface area contributed by atoms with E-state index in [0.29, 0.717) is 5.41 Å². The molecular weight excluding hydrogens is 448 g/mol. The molecule has 0 heterocycles. The number of rotatable bonds is 3. The fraction of sp³-hybridized carbons (Fsp3) is 0.583. The zero-order chi connectivity index (χ0) is 27.1. The summed E-state index contributed by atoms with van der Waals surface area (Å²) >= 11 is 0. The second kappa shape index (κ2) is 15.3. The maximum Gasteiger partial charge on any atom is 0.165 e. The lowest BCUT2D eigenvalue weighted by Gasteiger charge is -2.30. The van der Waals surface area contributed by atoms with Crippen LogP contribution in [0.15, 0.2) is 43.0 Å². The monoisotopic (exact) mass is 508 g/mol. The molecule has 1 aromatic rings. The van der Waals surface area contributed by atoms with Crippen LogP contribution in [0.4, 0.5) is 0 Å². The molecule has 3 aliphatic carbocycles.